The molecule has 1 aliphatic rings. The summed E-state index contributed by atoms with van der Waals surface area (Å²) in [5, 5.41) is 3.73. The predicted octanol–water partition coefficient (Wildman–Crippen LogP) is 1.67. The molecule has 190 valence electrons. The van der Waals surface area contributed by atoms with E-state index in [-0.39, 0.29) is 13.0 Å². The number of fused-ring (bicyclic) bond motifs is 1. The van der Waals surface area contributed by atoms with Crippen LogP contribution in [0.1, 0.15) is 31.9 Å². The zero-order valence-corrected chi connectivity index (χ0v) is 19.7. The number of methoxy groups -OCH3 is 2. The molecular weight excluding hydrogens is 473 g/mol. The van der Waals surface area contributed by atoms with E-state index < -0.39 is 51.6 Å². The first-order valence-corrected chi connectivity index (χ1v) is 10.5. The van der Waals surface area contributed by atoms with Crippen LogP contribution in [0.3, 0.4) is 0 Å². The number of halogens is 3. The molecule has 0 aliphatic carbocycles. The minimum Gasteiger partial charge on any atom is -0.493 e. The Morgan fingerprint density at radius 1 is 1.09 bits per heavy atom. The Balaban J connectivity index is 2.12. The third kappa shape index (κ3) is 4.37. The molecule has 1 aliphatic heterocycles. The number of ether oxygens (including phenoxy) is 2. The van der Waals surface area contributed by atoms with Crippen LogP contribution in [-0.2, 0) is 28.1 Å². The SMILES string of the molecule is COc1ccc(CCn2c3c(c(=O)[nH]c2=O)C(NC(=O)C(C)(C)C)(C(F)(F)F)C(=O)N3)cc1OC. The van der Waals surface area contributed by atoms with E-state index in [9.17, 15) is 32.3 Å². The van der Waals surface area contributed by atoms with Crippen molar-refractivity contribution in [2.75, 3.05) is 19.5 Å². The van der Waals surface area contributed by atoms with Gasteiger partial charge in [0.15, 0.2) is 11.5 Å². The summed E-state index contributed by atoms with van der Waals surface area (Å²) in [6.45, 7) is 3.87. The highest BCUT2D eigenvalue weighted by Crippen LogP contribution is 2.45. The fourth-order valence-corrected chi connectivity index (χ4v) is 3.67. The molecule has 0 saturated carbocycles. The van der Waals surface area contributed by atoms with Gasteiger partial charge in [-0.05, 0) is 24.1 Å². The van der Waals surface area contributed by atoms with Gasteiger partial charge in [-0.1, -0.05) is 26.8 Å². The molecule has 13 heteroatoms. The number of aromatic nitrogens is 2. The number of nitrogens with one attached hydrogen (secondary N) is 3. The first-order valence-electron chi connectivity index (χ1n) is 10.5. The maximum absolute atomic E-state index is 14.4. The summed E-state index contributed by atoms with van der Waals surface area (Å²) in [7, 11) is 2.88. The van der Waals surface area contributed by atoms with Crippen molar-refractivity contribution in [1.82, 2.24) is 14.9 Å². The third-order valence-corrected chi connectivity index (χ3v) is 5.63. The Kier molecular flexibility index (Phi) is 6.49. The van der Waals surface area contributed by atoms with Crippen LogP contribution in [0, 0.1) is 5.41 Å². The molecule has 2 aromatic rings. The average Bonchev–Trinajstić information content (AvgIpc) is 3.05. The van der Waals surface area contributed by atoms with Crippen molar-refractivity contribution in [1.29, 1.82) is 0 Å². The van der Waals surface area contributed by atoms with E-state index in [1.165, 1.54) is 35.0 Å². The minimum absolute atomic E-state index is 0.127. The predicted molar refractivity (Wildman–Crippen MR) is 119 cm³/mol. The lowest BCUT2D eigenvalue weighted by molar-refractivity contribution is -0.201. The second-order valence-electron chi connectivity index (χ2n) is 8.98. The lowest BCUT2D eigenvalue weighted by Crippen LogP contribution is -2.63. The first kappa shape index (κ1) is 25.8. The maximum atomic E-state index is 14.4. The van der Waals surface area contributed by atoms with E-state index in [1.807, 2.05) is 10.3 Å². The zero-order chi connectivity index (χ0) is 26.3. The molecule has 1 atom stereocenters. The van der Waals surface area contributed by atoms with Gasteiger partial charge in [0.1, 0.15) is 11.4 Å². The second kappa shape index (κ2) is 8.78. The van der Waals surface area contributed by atoms with Crippen molar-refractivity contribution in [3.05, 3.63) is 50.2 Å². The van der Waals surface area contributed by atoms with Gasteiger partial charge in [-0.25, -0.2) is 4.79 Å². The van der Waals surface area contributed by atoms with Crippen LogP contribution in [0.15, 0.2) is 27.8 Å². The second-order valence-corrected chi connectivity index (χ2v) is 8.98. The highest BCUT2D eigenvalue weighted by atomic mass is 19.4. The summed E-state index contributed by atoms with van der Waals surface area (Å²) in [4.78, 5) is 52.3. The summed E-state index contributed by atoms with van der Waals surface area (Å²) in [5.74, 6) is -2.57. The molecule has 3 N–H and O–H groups in total. The van der Waals surface area contributed by atoms with Crippen LogP contribution in [0.4, 0.5) is 19.0 Å². The fourth-order valence-electron chi connectivity index (χ4n) is 3.67. The molecule has 0 spiro atoms. The minimum atomic E-state index is -5.39. The van der Waals surface area contributed by atoms with Crippen LogP contribution in [0.2, 0.25) is 0 Å². The normalized spacial score (nSPS) is 17.5. The van der Waals surface area contributed by atoms with E-state index in [0.717, 1.165) is 4.57 Å². The number of anilines is 1. The van der Waals surface area contributed by atoms with Gasteiger partial charge in [-0.3, -0.25) is 23.9 Å². The van der Waals surface area contributed by atoms with Gasteiger partial charge in [-0.2, -0.15) is 13.2 Å². The Bertz CT molecular complexity index is 1290. The summed E-state index contributed by atoms with van der Waals surface area (Å²) in [6.07, 6.45) is -5.26. The van der Waals surface area contributed by atoms with Crippen LogP contribution >= 0.6 is 0 Å². The van der Waals surface area contributed by atoms with Crippen LogP contribution in [-0.4, -0.2) is 41.8 Å². The summed E-state index contributed by atoms with van der Waals surface area (Å²) in [5.41, 5.74) is -7.89. The highest BCUT2D eigenvalue weighted by Gasteiger charge is 2.68. The number of aromatic amines is 1. The van der Waals surface area contributed by atoms with Gasteiger partial charge in [0.2, 0.25) is 11.4 Å². The van der Waals surface area contributed by atoms with Crippen molar-refractivity contribution >= 4 is 17.6 Å². The van der Waals surface area contributed by atoms with Crippen molar-refractivity contribution in [3.8, 4) is 11.5 Å². The molecule has 1 aromatic heterocycles. The highest BCUT2D eigenvalue weighted by molar-refractivity contribution is 6.07. The van der Waals surface area contributed by atoms with E-state index in [0.29, 0.717) is 17.1 Å². The molecule has 2 heterocycles. The number of benzene rings is 1. The number of amides is 2. The molecule has 2 amide bonds. The van der Waals surface area contributed by atoms with Crippen LogP contribution in [0.25, 0.3) is 0 Å². The van der Waals surface area contributed by atoms with E-state index in [1.54, 1.807) is 23.5 Å². The third-order valence-electron chi connectivity index (χ3n) is 5.63. The average molecular weight is 498 g/mol. The van der Waals surface area contributed by atoms with Gasteiger partial charge in [-0.15, -0.1) is 0 Å². The number of carbonyl (C=O) groups is 2. The Labute approximate surface area is 197 Å². The standard InChI is InChI=1S/C22H25F3N4O6/c1-20(2,3)17(31)28-21(22(23,24)25)14-15(26-18(21)32)29(19(33)27-16(14)30)9-8-11-6-7-12(34-4)13(10-11)35-5/h6-7,10H,8-9H2,1-5H3,(H,26,32)(H,28,31)(H,27,30,33). The summed E-state index contributed by atoms with van der Waals surface area (Å²) < 4.78 is 54.3. The van der Waals surface area contributed by atoms with Crippen molar-refractivity contribution in [2.24, 2.45) is 5.41 Å². The first-order chi connectivity index (χ1) is 16.2. The van der Waals surface area contributed by atoms with Gasteiger partial charge in [0.25, 0.3) is 11.5 Å². The molecule has 0 radical (unpaired) electrons. The Hall–Kier alpha value is -3.77. The number of hydrogen-bond acceptors (Lipinski definition) is 6. The number of aryl methyl sites for hydroxylation is 1. The number of carbonyl (C=O) groups excluding carboxylic acids is 2. The van der Waals surface area contributed by atoms with Crippen LogP contribution in [0.5, 0.6) is 11.5 Å². The number of nitrogens with zero attached hydrogens (tertiary/aromatic N) is 1. The Morgan fingerprint density at radius 3 is 2.26 bits per heavy atom. The van der Waals surface area contributed by atoms with E-state index >= 15 is 0 Å². The molecule has 1 unspecified atom stereocenters. The monoisotopic (exact) mass is 498 g/mol. The fraction of sp³-hybridized carbons (Fsp3) is 0.455. The number of alkyl halides is 3. The van der Waals surface area contributed by atoms with Gasteiger partial charge >= 0.3 is 11.9 Å². The molecule has 35 heavy (non-hydrogen) atoms. The molecular formula is C22H25F3N4O6. The number of H-pyrrole nitrogens is 1. The molecule has 0 bridgehead atoms. The topological polar surface area (TPSA) is 132 Å². The van der Waals surface area contributed by atoms with Gasteiger partial charge in [0.05, 0.1) is 14.2 Å². The molecule has 1 aromatic carbocycles. The van der Waals surface area contributed by atoms with Crippen molar-refractivity contribution in [3.63, 3.8) is 0 Å². The summed E-state index contributed by atoms with van der Waals surface area (Å²) in [6, 6.07) is 4.91. The van der Waals surface area contributed by atoms with E-state index in [4.69, 9.17) is 9.47 Å². The zero-order valence-electron chi connectivity index (χ0n) is 19.7. The quantitative estimate of drug-likeness (QED) is 0.555. The smallest absolute Gasteiger partial charge is 0.425 e. The van der Waals surface area contributed by atoms with Gasteiger partial charge < -0.3 is 20.1 Å². The van der Waals surface area contributed by atoms with Crippen molar-refractivity contribution in [2.45, 2.75) is 45.5 Å². The lowest BCUT2D eigenvalue weighted by atomic mass is 9.88. The van der Waals surface area contributed by atoms with Gasteiger partial charge in [0, 0.05) is 12.0 Å². The molecule has 10 nitrogen and oxygen atoms in total. The Morgan fingerprint density at radius 2 is 1.71 bits per heavy atom. The summed E-state index contributed by atoms with van der Waals surface area (Å²) >= 11 is 0. The van der Waals surface area contributed by atoms with E-state index in [2.05, 4.69) is 0 Å². The van der Waals surface area contributed by atoms with Crippen LogP contribution < -0.4 is 31.4 Å². The number of hydrogen-bond donors (Lipinski definition) is 3. The molecule has 0 saturated heterocycles. The van der Waals surface area contributed by atoms with Crippen molar-refractivity contribution < 1.29 is 32.2 Å². The maximum Gasteiger partial charge on any atom is 0.425 e. The number of rotatable bonds is 6. The molecule has 3 rings (SSSR count). The lowest BCUT2D eigenvalue weighted by Gasteiger charge is -2.32. The molecule has 0 fully saturated rings. The largest absolute Gasteiger partial charge is 0.493 e.